The standard InChI is InChI=1S/C11H12P.C9H11.Hf/c1-12(2)11-7-9-5-3-4-6-10(9)8-11;1-2-5-9-7-3-6-8(9)4-1;/h3-8H,1-2H3;1,4,6H,2-3,5,7H2;/q2*-1;. The molecule has 0 bridgehead atoms. The molecule has 2 aromatic carbocycles. The summed E-state index contributed by atoms with van der Waals surface area (Å²) in [5, 5.41) is 4.26. The van der Waals surface area contributed by atoms with Crippen molar-refractivity contribution in [3.63, 3.8) is 0 Å². The van der Waals surface area contributed by atoms with Crippen LogP contribution in [0.5, 0.6) is 0 Å². The molecular formula is C20H23HfP-2. The van der Waals surface area contributed by atoms with Gasteiger partial charge in [-0.05, 0) is 13.3 Å². The molecule has 0 amide bonds. The van der Waals surface area contributed by atoms with E-state index in [2.05, 4.69) is 68.3 Å². The molecule has 0 aliphatic heterocycles. The van der Waals surface area contributed by atoms with E-state index in [1.807, 2.05) is 0 Å². The predicted molar refractivity (Wildman–Crippen MR) is 96.9 cm³/mol. The molecule has 2 heteroatoms. The minimum absolute atomic E-state index is 0. The van der Waals surface area contributed by atoms with Crippen LogP contribution >= 0.6 is 7.92 Å². The van der Waals surface area contributed by atoms with Gasteiger partial charge in [0.25, 0.3) is 0 Å². The van der Waals surface area contributed by atoms with Gasteiger partial charge in [-0.25, -0.2) is 0 Å². The van der Waals surface area contributed by atoms with Crippen LogP contribution in [0.25, 0.3) is 10.8 Å². The van der Waals surface area contributed by atoms with E-state index in [-0.39, 0.29) is 33.8 Å². The van der Waals surface area contributed by atoms with E-state index in [1.54, 1.807) is 5.57 Å². The Morgan fingerprint density at radius 2 is 1.91 bits per heavy atom. The van der Waals surface area contributed by atoms with Crippen molar-refractivity contribution >= 4 is 24.0 Å². The average molecular weight is 473 g/mol. The first-order chi connectivity index (χ1) is 10.2. The summed E-state index contributed by atoms with van der Waals surface area (Å²) in [7, 11) is 0.0576. The molecule has 0 N–H and O–H groups in total. The molecular weight excluding hydrogens is 450 g/mol. The Hall–Kier alpha value is -0.520. The molecule has 0 unspecified atom stereocenters. The maximum Gasteiger partial charge on any atom is 0 e. The molecule has 2 aliphatic carbocycles. The van der Waals surface area contributed by atoms with Crippen LogP contribution in [-0.4, -0.2) is 13.3 Å². The van der Waals surface area contributed by atoms with Crippen molar-refractivity contribution in [1.82, 2.24) is 0 Å². The van der Waals surface area contributed by atoms with Gasteiger partial charge in [0.15, 0.2) is 0 Å². The van der Waals surface area contributed by atoms with Crippen LogP contribution in [0.15, 0.2) is 59.7 Å². The van der Waals surface area contributed by atoms with E-state index in [0.29, 0.717) is 0 Å². The summed E-state index contributed by atoms with van der Waals surface area (Å²) in [6.45, 7) is 4.59. The number of hydrogen-bond donors (Lipinski definition) is 0. The summed E-state index contributed by atoms with van der Waals surface area (Å²) in [6.07, 6.45) is 12.1. The molecule has 0 heterocycles. The molecule has 0 fully saturated rings. The number of benzene rings is 1. The van der Waals surface area contributed by atoms with Gasteiger partial charge in [0.2, 0.25) is 0 Å². The average Bonchev–Trinajstić information content (AvgIpc) is 3.14. The van der Waals surface area contributed by atoms with Crippen LogP contribution in [0.3, 0.4) is 0 Å². The molecule has 114 valence electrons. The molecule has 22 heavy (non-hydrogen) atoms. The van der Waals surface area contributed by atoms with Gasteiger partial charge in [-0.1, -0.05) is 31.7 Å². The smallest absolute Gasteiger partial charge is 0 e. The second kappa shape index (κ2) is 8.37. The van der Waals surface area contributed by atoms with Crippen LogP contribution in [0.1, 0.15) is 25.7 Å². The summed E-state index contributed by atoms with van der Waals surface area (Å²) in [5.41, 5.74) is 3.22. The Morgan fingerprint density at radius 1 is 1.09 bits per heavy atom. The van der Waals surface area contributed by atoms with E-state index in [0.717, 1.165) is 0 Å². The Morgan fingerprint density at radius 3 is 2.64 bits per heavy atom. The first-order valence-electron chi connectivity index (χ1n) is 7.78. The van der Waals surface area contributed by atoms with E-state index >= 15 is 0 Å². The van der Waals surface area contributed by atoms with Crippen molar-refractivity contribution in [3.05, 3.63) is 66.1 Å². The van der Waals surface area contributed by atoms with Crippen molar-refractivity contribution in [1.29, 1.82) is 0 Å². The summed E-state index contributed by atoms with van der Waals surface area (Å²) in [6, 6.07) is 13.2. The fraction of sp³-hybridized carbons (Fsp3) is 0.300. The minimum Gasteiger partial charge on any atom is -0.193 e. The van der Waals surface area contributed by atoms with Gasteiger partial charge in [-0.2, -0.15) is 29.7 Å². The third-order valence-electron chi connectivity index (χ3n) is 4.25. The van der Waals surface area contributed by atoms with Crippen LogP contribution < -0.4 is 5.30 Å². The second-order valence-corrected chi connectivity index (χ2v) is 8.28. The van der Waals surface area contributed by atoms with E-state index in [1.165, 1.54) is 47.3 Å². The van der Waals surface area contributed by atoms with Crippen molar-refractivity contribution in [3.8, 4) is 0 Å². The molecule has 0 aromatic heterocycles. The maximum absolute atomic E-state index is 2.35. The van der Waals surface area contributed by atoms with Gasteiger partial charge in [0.1, 0.15) is 0 Å². The van der Waals surface area contributed by atoms with Crippen LogP contribution in [-0.2, 0) is 25.8 Å². The Balaban J connectivity index is 0.000000159. The Labute approximate surface area is 154 Å². The minimum atomic E-state index is 0. The quantitative estimate of drug-likeness (QED) is 0.290. The first-order valence-corrected chi connectivity index (χ1v) is 10.0. The fourth-order valence-electron chi connectivity index (χ4n) is 3.01. The first kappa shape index (κ1) is 17.8. The van der Waals surface area contributed by atoms with Gasteiger partial charge in [0, 0.05) is 25.8 Å². The number of rotatable bonds is 1. The van der Waals surface area contributed by atoms with Crippen LogP contribution in [0.4, 0.5) is 0 Å². The summed E-state index contributed by atoms with van der Waals surface area (Å²) < 4.78 is 0. The molecule has 4 rings (SSSR count). The zero-order valence-electron chi connectivity index (χ0n) is 13.5. The second-order valence-electron chi connectivity index (χ2n) is 5.98. The molecule has 2 aromatic rings. The van der Waals surface area contributed by atoms with Gasteiger partial charge in [-0.3, -0.25) is 0 Å². The van der Waals surface area contributed by atoms with E-state index < -0.39 is 0 Å². The zero-order valence-corrected chi connectivity index (χ0v) is 18.0. The van der Waals surface area contributed by atoms with Crippen LogP contribution in [0.2, 0.25) is 0 Å². The van der Waals surface area contributed by atoms with Crippen molar-refractivity contribution < 1.29 is 25.8 Å². The van der Waals surface area contributed by atoms with Gasteiger partial charge in [0.05, 0.1) is 0 Å². The number of hydrogen-bond acceptors (Lipinski definition) is 0. The fourth-order valence-corrected chi connectivity index (χ4v) is 3.80. The largest absolute Gasteiger partial charge is 0.193 e. The molecule has 0 saturated heterocycles. The van der Waals surface area contributed by atoms with Gasteiger partial charge in [-0.15, -0.1) is 54.3 Å². The van der Waals surface area contributed by atoms with E-state index in [9.17, 15) is 0 Å². The van der Waals surface area contributed by atoms with Gasteiger partial charge >= 0.3 is 0 Å². The number of fused-ring (bicyclic) bond motifs is 1. The molecule has 0 saturated carbocycles. The summed E-state index contributed by atoms with van der Waals surface area (Å²) in [5.74, 6) is 0. The van der Waals surface area contributed by atoms with Crippen molar-refractivity contribution in [2.75, 3.05) is 13.3 Å². The normalized spacial score (nSPS) is 16.0. The molecule has 0 atom stereocenters. The molecule has 2 aliphatic rings. The number of allylic oxidation sites excluding steroid dienone is 4. The third-order valence-corrected chi connectivity index (χ3v) is 5.54. The molecule has 0 nitrogen and oxygen atoms in total. The zero-order chi connectivity index (χ0) is 14.7. The maximum atomic E-state index is 2.35. The molecule has 0 radical (unpaired) electrons. The van der Waals surface area contributed by atoms with E-state index in [4.69, 9.17) is 0 Å². The Kier molecular flexibility index (Phi) is 6.78. The summed E-state index contributed by atoms with van der Waals surface area (Å²) >= 11 is 0. The summed E-state index contributed by atoms with van der Waals surface area (Å²) in [4.78, 5) is 0. The molecule has 0 spiro atoms. The SMILES string of the molecule is C1=CC2=C(CC1)CC[CH-]2.CP(C)c1cc2ccccc2[cH-]1.[Hf]. The van der Waals surface area contributed by atoms with Crippen molar-refractivity contribution in [2.24, 2.45) is 0 Å². The third kappa shape index (κ3) is 4.27. The monoisotopic (exact) mass is 474 g/mol. The predicted octanol–water partition coefficient (Wildman–Crippen LogP) is 5.55. The Bertz CT molecular complexity index is 643. The van der Waals surface area contributed by atoms with Gasteiger partial charge < -0.3 is 0 Å². The topological polar surface area (TPSA) is 0 Å². The van der Waals surface area contributed by atoms with Crippen molar-refractivity contribution in [2.45, 2.75) is 25.7 Å². The van der Waals surface area contributed by atoms with Crippen LogP contribution in [0, 0.1) is 6.42 Å².